The molecule has 52 valence electrons. The highest BCUT2D eigenvalue weighted by molar-refractivity contribution is 7.80. The van der Waals surface area contributed by atoms with Crippen molar-refractivity contribution in [2.75, 3.05) is 0 Å². The average Bonchev–Trinajstić information content (AvgIpc) is 2.43. The van der Waals surface area contributed by atoms with E-state index in [0.29, 0.717) is 0 Å². The van der Waals surface area contributed by atoms with Crippen molar-refractivity contribution >= 4 is 12.6 Å². The van der Waals surface area contributed by atoms with Gasteiger partial charge in [0.2, 0.25) is 0 Å². The number of thiol groups is 1. The third-order valence-electron chi connectivity index (χ3n) is 2.76. The summed E-state index contributed by atoms with van der Waals surface area (Å²) in [6.07, 6.45) is 7.25. The van der Waals surface area contributed by atoms with E-state index in [-0.39, 0.29) is 0 Å². The van der Waals surface area contributed by atoms with Gasteiger partial charge in [0.1, 0.15) is 0 Å². The molecule has 0 aromatic heterocycles. The first-order valence-electron chi connectivity index (χ1n) is 4.04. The van der Waals surface area contributed by atoms with Gasteiger partial charge in [0.25, 0.3) is 0 Å². The summed E-state index contributed by atoms with van der Waals surface area (Å²) < 4.78 is 0. The molecule has 0 aliphatic heterocycles. The molecule has 2 saturated carbocycles. The van der Waals surface area contributed by atoms with Crippen LogP contribution < -0.4 is 0 Å². The summed E-state index contributed by atoms with van der Waals surface area (Å²) in [4.78, 5) is 0. The third-order valence-corrected chi connectivity index (χ3v) is 3.23. The summed E-state index contributed by atoms with van der Waals surface area (Å²) in [6.45, 7) is 0. The van der Waals surface area contributed by atoms with Gasteiger partial charge < -0.3 is 0 Å². The van der Waals surface area contributed by atoms with E-state index in [1.165, 1.54) is 32.1 Å². The Balaban J connectivity index is 1.92. The summed E-state index contributed by atoms with van der Waals surface area (Å²) >= 11 is 4.52. The molecule has 0 saturated heterocycles. The van der Waals surface area contributed by atoms with Gasteiger partial charge in [-0.1, -0.05) is 12.8 Å². The predicted molar refractivity (Wildman–Crippen MR) is 42.8 cm³/mol. The summed E-state index contributed by atoms with van der Waals surface area (Å²) in [7, 11) is 0. The van der Waals surface area contributed by atoms with E-state index in [2.05, 4.69) is 12.6 Å². The molecule has 0 aromatic rings. The Bertz CT molecular complexity index is 111. The van der Waals surface area contributed by atoms with Crippen molar-refractivity contribution in [3.05, 3.63) is 0 Å². The Kier molecular flexibility index (Phi) is 1.48. The fraction of sp³-hybridized carbons (Fsp3) is 1.00. The molecule has 0 amide bonds. The zero-order chi connectivity index (χ0) is 6.27. The molecule has 0 bridgehead atoms. The molecule has 0 N–H and O–H groups in total. The van der Waals surface area contributed by atoms with Crippen molar-refractivity contribution in [1.82, 2.24) is 0 Å². The van der Waals surface area contributed by atoms with Gasteiger partial charge in [0.05, 0.1) is 0 Å². The Morgan fingerprint density at radius 3 is 2.78 bits per heavy atom. The molecule has 0 radical (unpaired) electrons. The Morgan fingerprint density at radius 2 is 1.89 bits per heavy atom. The second-order valence-corrected chi connectivity index (χ2v) is 4.31. The number of fused-ring (bicyclic) bond motifs is 1. The molecular formula is C8H14S. The van der Waals surface area contributed by atoms with Crippen LogP contribution in [0.3, 0.4) is 0 Å². The average molecular weight is 142 g/mol. The molecule has 1 heteroatoms. The van der Waals surface area contributed by atoms with Gasteiger partial charge in [-0.3, -0.25) is 0 Å². The zero-order valence-electron chi connectivity index (χ0n) is 5.71. The highest BCUT2D eigenvalue weighted by Gasteiger charge is 2.38. The van der Waals surface area contributed by atoms with Gasteiger partial charge in [-0.05, 0) is 31.1 Å². The maximum Gasteiger partial charge on any atom is 0.00195 e. The third kappa shape index (κ3) is 1.26. The summed E-state index contributed by atoms with van der Waals surface area (Å²) in [5.41, 5.74) is 0. The molecule has 0 heterocycles. The fourth-order valence-corrected chi connectivity index (χ4v) is 2.49. The van der Waals surface area contributed by atoms with Crippen LogP contribution in [0.1, 0.15) is 32.1 Å². The van der Waals surface area contributed by atoms with Gasteiger partial charge in [0.15, 0.2) is 0 Å². The van der Waals surface area contributed by atoms with Crippen LogP contribution in [0.5, 0.6) is 0 Å². The molecule has 2 rings (SSSR count). The minimum absolute atomic E-state index is 0.738. The molecule has 2 fully saturated rings. The minimum Gasteiger partial charge on any atom is -0.176 e. The first-order valence-corrected chi connectivity index (χ1v) is 4.56. The summed E-state index contributed by atoms with van der Waals surface area (Å²) in [5, 5.41) is 0.738. The lowest BCUT2D eigenvalue weighted by Gasteiger charge is -2.04. The lowest BCUT2D eigenvalue weighted by molar-refractivity contribution is 0.655. The number of hydrogen-bond acceptors (Lipinski definition) is 1. The highest BCUT2D eigenvalue weighted by Crippen LogP contribution is 2.48. The molecular weight excluding hydrogens is 128 g/mol. The monoisotopic (exact) mass is 142 g/mol. The van der Waals surface area contributed by atoms with Crippen molar-refractivity contribution in [2.45, 2.75) is 37.4 Å². The smallest absolute Gasteiger partial charge is 0.00195 e. The van der Waals surface area contributed by atoms with E-state index in [9.17, 15) is 0 Å². The minimum atomic E-state index is 0.738. The molecule has 0 nitrogen and oxygen atoms in total. The standard InChI is InChI=1S/C8H14S/c9-8-3-1-2-6-4-7(6)5-8/h6-9H,1-5H2/t6?,7-,8+/m1/s1. The molecule has 2 aliphatic carbocycles. The van der Waals surface area contributed by atoms with Gasteiger partial charge >= 0.3 is 0 Å². The van der Waals surface area contributed by atoms with Crippen molar-refractivity contribution < 1.29 is 0 Å². The van der Waals surface area contributed by atoms with Crippen molar-refractivity contribution in [3.8, 4) is 0 Å². The van der Waals surface area contributed by atoms with E-state index in [1.54, 1.807) is 0 Å². The maximum absolute atomic E-state index is 4.52. The first kappa shape index (κ1) is 6.09. The van der Waals surface area contributed by atoms with Crippen LogP contribution in [0.2, 0.25) is 0 Å². The van der Waals surface area contributed by atoms with E-state index < -0.39 is 0 Å². The number of rotatable bonds is 0. The molecule has 1 unspecified atom stereocenters. The van der Waals surface area contributed by atoms with Crippen molar-refractivity contribution in [1.29, 1.82) is 0 Å². The molecule has 0 aromatic carbocycles. The quantitative estimate of drug-likeness (QED) is 0.494. The maximum atomic E-state index is 4.52. The van der Waals surface area contributed by atoms with Crippen LogP contribution in [0.4, 0.5) is 0 Å². The SMILES string of the molecule is S[C@H]1CCCC2C[C@@H]2C1. The second-order valence-electron chi connectivity index (χ2n) is 3.58. The molecule has 2 aliphatic rings. The van der Waals surface area contributed by atoms with E-state index in [4.69, 9.17) is 0 Å². The van der Waals surface area contributed by atoms with Crippen molar-refractivity contribution in [3.63, 3.8) is 0 Å². The summed E-state index contributed by atoms with van der Waals surface area (Å²) in [6, 6.07) is 0. The molecule has 3 atom stereocenters. The van der Waals surface area contributed by atoms with Crippen molar-refractivity contribution in [2.24, 2.45) is 11.8 Å². The van der Waals surface area contributed by atoms with Gasteiger partial charge in [-0.25, -0.2) is 0 Å². The van der Waals surface area contributed by atoms with E-state index >= 15 is 0 Å². The van der Waals surface area contributed by atoms with Gasteiger partial charge in [-0.15, -0.1) is 0 Å². The highest BCUT2D eigenvalue weighted by atomic mass is 32.1. The van der Waals surface area contributed by atoms with Crippen LogP contribution in [0, 0.1) is 11.8 Å². The van der Waals surface area contributed by atoms with Crippen LogP contribution in [0.15, 0.2) is 0 Å². The zero-order valence-corrected chi connectivity index (χ0v) is 6.61. The molecule has 0 spiro atoms. The first-order chi connectivity index (χ1) is 4.36. The van der Waals surface area contributed by atoms with Crippen LogP contribution in [-0.2, 0) is 0 Å². The lowest BCUT2D eigenvalue weighted by atomic mass is 10.1. The molecule has 9 heavy (non-hydrogen) atoms. The Labute approximate surface area is 62.4 Å². The second kappa shape index (κ2) is 2.19. The summed E-state index contributed by atoms with van der Waals surface area (Å²) in [5.74, 6) is 2.22. The topological polar surface area (TPSA) is 0 Å². The van der Waals surface area contributed by atoms with Crippen LogP contribution in [-0.4, -0.2) is 5.25 Å². The number of hydrogen-bond donors (Lipinski definition) is 1. The fourth-order valence-electron chi connectivity index (χ4n) is 2.04. The Morgan fingerprint density at radius 1 is 1.00 bits per heavy atom. The van der Waals surface area contributed by atoms with Crippen LogP contribution >= 0.6 is 12.6 Å². The largest absolute Gasteiger partial charge is 0.176 e. The Hall–Kier alpha value is 0.350. The van der Waals surface area contributed by atoms with Gasteiger partial charge in [-0.2, -0.15) is 12.6 Å². The van der Waals surface area contributed by atoms with Crippen LogP contribution in [0.25, 0.3) is 0 Å². The lowest BCUT2D eigenvalue weighted by Crippen LogP contribution is -1.96. The van der Waals surface area contributed by atoms with Gasteiger partial charge in [0, 0.05) is 5.25 Å². The van der Waals surface area contributed by atoms with E-state index in [1.807, 2.05) is 0 Å². The predicted octanol–water partition coefficient (Wildman–Crippen LogP) is 2.49. The van der Waals surface area contributed by atoms with E-state index in [0.717, 1.165) is 17.1 Å². The normalized spacial score (nSPS) is 49.7.